The molecular formula is C41H48N2O4. The number of ether oxygens (including phenoxy) is 2. The van der Waals surface area contributed by atoms with Crippen molar-refractivity contribution in [2.45, 2.75) is 56.1 Å². The Kier molecular flexibility index (Phi) is 9.92. The second kappa shape index (κ2) is 14.6. The third-order valence-electron chi connectivity index (χ3n) is 10.2. The molecule has 2 atom stereocenters. The monoisotopic (exact) mass is 632 g/mol. The van der Waals surface area contributed by atoms with Crippen LogP contribution in [0.5, 0.6) is 11.5 Å². The average molecular weight is 633 g/mol. The molecule has 1 aliphatic carbocycles. The summed E-state index contributed by atoms with van der Waals surface area (Å²) in [5, 5.41) is 21.3. The van der Waals surface area contributed by atoms with E-state index in [9.17, 15) is 10.2 Å². The highest BCUT2D eigenvalue weighted by Crippen LogP contribution is 2.56. The normalized spacial score (nSPS) is 19.0. The lowest BCUT2D eigenvalue weighted by molar-refractivity contribution is 0.0616. The summed E-state index contributed by atoms with van der Waals surface area (Å²) in [5.74, 6) is 1.51. The fourth-order valence-corrected chi connectivity index (χ4v) is 8.00. The highest BCUT2D eigenvalue weighted by molar-refractivity contribution is 5.86. The average Bonchev–Trinajstić information content (AvgIpc) is 3.42. The van der Waals surface area contributed by atoms with E-state index in [0.717, 1.165) is 48.8 Å². The van der Waals surface area contributed by atoms with Gasteiger partial charge < -0.3 is 29.5 Å². The lowest BCUT2D eigenvalue weighted by Crippen LogP contribution is -2.38. The number of hydrogen-bond acceptors (Lipinski definition) is 6. The Labute approximate surface area is 279 Å². The van der Waals surface area contributed by atoms with E-state index in [0.29, 0.717) is 13.1 Å². The molecule has 0 unspecified atom stereocenters. The molecule has 4 aromatic carbocycles. The minimum Gasteiger partial charge on any atom is -0.491 e. The Bertz CT molecular complexity index is 1470. The molecule has 2 fully saturated rings. The number of benzene rings is 4. The van der Waals surface area contributed by atoms with Crippen molar-refractivity contribution in [2.24, 2.45) is 0 Å². The Balaban J connectivity index is 1.13. The Hall–Kier alpha value is -3.68. The summed E-state index contributed by atoms with van der Waals surface area (Å²) in [6.45, 7) is 6.11. The van der Waals surface area contributed by atoms with Crippen molar-refractivity contribution in [3.8, 4) is 22.6 Å². The zero-order valence-corrected chi connectivity index (χ0v) is 27.4. The lowest BCUT2D eigenvalue weighted by atomic mass is 9.68. The summed E-state index contributed by atoms with van der Waals surface area (Å²) in [5.41, 5.74) is 6.76. The van der Waals surface area contributed by atoms with Crippen molar-refractivity contribution in [1.29, 1.82) is 0 Å². The first-order chi connectivity index (χ1) is 23.1. The van der Waals surface area contributed by atoms with E-state index in [1.807, 2.05) is 24.3 Å². The van der Waals surface area contributed by atoms with Gasteiger partial charge in [-0.05, 0) is 110 Å². The summed E-state index contributed by atoms with van der Waals surface area (Å²) in [6.07, 6.45) is 6.38. The van der Waals surface area contributed by atoms with Gasteiger partial charge in [-0.3, -0.25) is 0 Å². The SMILES string of the molecule is O[C@@H](COc1ccc(C2(c3ccc(OC[C@H](O)CN4CCCCC4)cc3)c3ccccc3-c3ccccc32)cc1)CN1CCCCC1. The third kappa shape index (κ3) is 6.84. The van der Waals surface area contributed by atoms with Gasteiger partial charge in [0.2, 0.25) is 0 Å². The Morgan fingerprint density at radius 2 is 0.894 bits per heavy atom. The number of fused-ring (bicyclic) bond motifs is 3. The number of aliphatic hydroxyl groups is 2. The lowest BCUT2D eigenvalue weighted by Gasteiger charge is -2.34. The molecule has 47 heavy (non-hydrogen) atoms. The number of rotatable bonds is 12. The molecular weight excluding hydrogens is 584 g/mol. The topological polar surface area (TPSA) is 65.4 Å². The van der Waals surface area contributed by atoms with Crippen molar-refractivity contribution in [3.05, 3.63) is 119 Å². The predicted octanol–water partition coefficient (Wildman–Crippen LogP) is 6.50. The number of β-amino-alcohol motifs (C(OH)–C–C–N with tert-alkyl or cyclic N) is 2. The predicted molar refractivity (Wildman–Crippen MR) is 187 cm³/mol. The smallest absolute Gasteiger partial charge is 0.119 e. The van der Waals surface area contributed by atoms with Gasteiger partial charge in [-0.1, -0.05) is 85.6 Å². The van der Waals surface area contributed by atoms with Crippen LogP contribution in [0, 0.1) is 0 Å². The quantitative estimate of drug-likeness (QED) is 0.164. The van der Waals surface area contributed by atoms with Gasteiger partial charge in [-0.15, -0.1) is 0 Å². The number of nitrogens with zero attached hydrogens (tertiary/aromatic N) is 2. The van der Waals surface area contributed by atoms with Crippen molar-refractivity contribution in [2.75, 3.05) is 52.5 Å². The van der Waals surface area contributed by atoms with Crippen molar-refractivity contribution in [3.63, 3.8) is 0 Å². The molecule has 0 spiro atoms. The van der Waals surface area contributed by atoms with E-state index in [-0.39, 0.29) is 13.2 Å². The molecule has 6 nitrogen and oxygen atoms in total. The van der Waals surface area contributed by atoms with Crippen LogP contribution >= 0.6 is 0 Å². The fourth-order valence-electron chi connectivity index (χ4n) is 8.00. The van der Waals surface area contributed by atoms with Crippen LogP contribution in [-0.2, 0) is 5.41 Å². The molecule has 2 heterocycles. The maximum Gasteiger partial charge on any atom is 0.119 e. The van der Waals surface area contributed by atoms with Gasteiger partial charge in [0.05, 0.1) is 5.41 Å². The number of piperidine rings is 2. The Morgan fingerprint density at radius 3 is 1.30 bits per heavy atom. The van der Waals surface area contributed by atoms with Crippen LogP contribution in [0.1, 0.15) is 60.8 Å². The number of hydrogen-bond donors (Lipinski definition) is 2. The molecule has 2 aliphatic heterocycles. The molecule has 3 aliphatic rings. The summed E-state index contributed by atoms with van der Waals surface area (Å²) >= 11 is 0. The minimum atomic E-state index is -0.522. The Morgan fingerprint density at radius 1 is 0.511 bits per heavy atom. The van der Waals surface area contributed by atoms with Gasteiger partial charge in [0.1, 0.15) is 36.9 Å². The summed E-state index contributed by atoms with van der Waals surface area (Å²) < 4.78 is 12.2. The molecule has 0 radical (unpaired) electrons. The molecule has 0 aromatic heterocycles. The summed E-state index contributed by atoms with van der Waals surface area (Å²) in [6, 6.07) is 34.3. The zero-order valence-electron chi connectivity index (χ0n) is 27.4. The maximum atomic E-state index is 10.7. The molecule has 7 rings (SSSR count). The second-order valence-corrected chi connectivity index (χ2v) is 13.5. The molecule has 0 saturated carbocycles. The van der Waals surface area contributed by atoms with E-state index < -0.39 is 17.6 Å². The van der Waals surface area contributed by atoms with Crippen LogP contribution in [0.3, 0.4) is 0 Å². The highest BCUT2D eigenvalue weighted by atomic mass is 16.5. The van der Waals surface area contributed by atoms with Gasteiger partial charge in [-0.2, -0.15) is 0 Å². The standard InChI is InChI=1S/C41H48N2O4/c44-33(27-42-23-7-1-8-24-42)29-46-35-19-15-31(16-20-35)41(39-13-5-3-11-37(39)38-12-4-6-14-40(38)41)32-17-21-36(22-18-32)47-30-34(45)28-43-25-9-2-10-26-43/h3-6,11-22,33-34,44-45H,1-2,7-10,23-30H2/t33-,34-/m1/s1. The first-order valence-electron chi connectivity index (χ1n) is 17.6. The first-order valence-corrected chi connectivity index (χ1v) is 17.6. The van der Waals surface area contributed by atoms with Crippen LogP contribution in [0.2, 0.25) is 0 Å². The van der Waals surface area contributed by atoms with Crippen LogP contribution in [0.15, 0.2) is 97.1 Å². The molecule has 4 aromatic rings. The van der Waals surface area contributed by atoms with Crippen molar-refractivity contribution < 1.29 is 19.7 Å². The van der Waals surface area contributed by atoms with Crippen LogP contribution in [0.25, 0.3) is 11.1 Å². The molecule has 0 bridgehead atoms. The maximum absolute atomic E-state index is 10.7. The van der Waals surface area contributed by atoms with E-state index in [2.05, 4.69) is 82.6 Å². The van der Waals surface area contributed by atoms with Crippen LogP contribution in [0.4, 0.5) is 0 Å². The van der Waals surface area contributed by atoms with Gasteiger partial charge in [0.15, 0.2) is 0 Å². The van der Waals surface area contributed by atoms with Crippen molar-refractivity contribution >= 4 is 0 Å². The minimum absolute atomic E-state index is 0.279. The molecule has 2 N–H and O–H groups in total. The van der Waals surface area contributed by atoms with Crippen LogP contribution < -0.4 is 9.47 Å². The summed E-state index contributed by atoms with van der Waals surface area (Å²) in [7, 11) is 0. The molecule has 2 saturated heterocycles. The largest absolute Gasteiger partial charge is 0.491 e. The van der Waals surface area contributed by atoms with Gasteiger partial charge in [0, 0.05) is 13.1 Å². The molecule has 6 heteroatoms. The number of likely N-dealkylation sites (tertiary alicyclic amines) is 2. The first kappa shape index (κ1) is 31.9. The molecule has 0 amide bonds. The van der Waals surface area contributed by atoms with E-state index in [1.165, 1.54) is 60.8 Å². The fraction of sp³-hybridized carbons (Fsp3) is 0.415. The van der Waals surface area contributed by atoms with Crippen LogP contribution in [-0.4, -0.2) is 84.7 Å². The van der Waals surface area contributed by atoms with E-state index >= 15 is 0 Å². The molecule has 246 valence electrons. The second-order valence-electron chi connectivity index (χ2n) is 13.5. The van der Waals surface area contributed by atoms with Crippen molar-refractivity contribution in [1.82, 2.24) is 9.80 Å². The van der Waals surface area contributed by atoms with Gasteiger partial charge in [-0.25, -0.2) is 0 Å². The zero-order chi connectivity index (χ0) is 32.1. The highest BCUT2D eigenvalue weighted by Gasteiger charge is 2.45. The number of aliphatic hydroxyl groups excluding tert-OH is 2. The van der Waals surface area contributed by atoms with E-state index in [1.54, 1.807) is 0 Å². The van der Waals surface area contributed by atoms with Gasteiger partial charge in [0.25, 0.3) is 0 Å². The van der Waals surface area contributed by atoms with E-state index in [4.69, 9.17) is 9.47 Å². The summed E-state index contributed by atoms with van der Waals surface area (Å²) in [4.78, 5) is 4.68. The van der Waals surface area contributed by atoms with Gasteiger partial charge >= 0.3 is 0 Å². The third-order valence-corrected chi connectivity index (χ3v) is 10.2.